The summed E-state index contributed by atoms with van der Waals surface area (Å²) in [7, 11) is 7.60. The third-order valence-electron chi connectivity index (χ3n) is 5.32. The van der Waals surface area contributed by atoms with Crippen LogP contribution in [-0.4, -0.2) is 48.2 Å². The topological polar surface area (TPSA) is 122 Å². The second-order valence-electron chi connectivity index (χ2n) is 7.22. The van der Waals surface area contributed by atoms with Crippen LogP contribution in [0.2, 0.25) is 0 Å². The summed E-state index contributed by atoms with van der Waals surface area (Å²) in [6, 6.07) is 9.31. The third kappa shape index (κ3) is 4.33. The number of hydrogen-bond donors (Lipinski definition) is 3. The number of carboxylic acid groups (broad SMARTS) is 1. The standard InChI is InChI=1S/C21H21BFN3O5/c1-31-13-5-6-16(23)12(9-13)10-25-17-4-2-3-14-15(17)11-26(19(14)29)21(22,20(24)30)8-7-18(27)28/h2-6,9,25H,7-8,10-11H2,1H3,(H2,24,30)(H,27,28). The molecule has 0 spiro atoms. The van der Waals surface area contributed by atoms with Crippen LogP contribution in [0.1, 0.15) is 34.3 Å². The Kier molecular flexibility index (Phi) is 6.19. The number of rotatable bonds is 9. The molecule has 3 rings (SSSR count). The summed E-state index contributed by atoms with van der Waals surface area (Å²) in [6.07, 6.45) is -0.755. The number of halogens is 1. The lowest BCUT2D eigenvalue weighted by molar-refractivity contribution is -0.137. The summed E-state index contributed by atoms with van der Waals surface area (Å²) in [5.74, 6) is -2.60. The number of carbonyl (C=O) groups is 3. The van der Waals surface area contributed by atoms with Gasteiger partial charge >= 0.3 is 5.97 Å². The van der Waals surface area contributed by atoms with E-state index in [1.807, 2.05) is 0 Å². The zero-order valence-electron chi connectivity index (χ0n) is 16.9. The molecule has 160 valence electrons. The van der Waals surface area contributed by atoms with E-state index in [1.54, 1.807) is 24.3 Å². The molecule has 1 unspecified atom stereocenters. The van der Waals surface area contributed by atoms with Gasteiger partial charge in [-0.3, -0.25) is 14.4 Å². The molecule has 0 saturated heterocycles. The predicted molar refractivity (Wildman–Crippen MR) is 111 cm³/mol. The highest BCUT2D eigenvalue weighted by molar-refractivity contribution is 6.30. The number of carbonyl (C=O) groups excluding carboxylic acids is 2. The van der Waals surface area contributed by atoms with Crippen molar-refractivity contribution in [2.24, 2.45) is 5.73 Å². The summed E-state index contributed by atoms with van der Waals surface area (Å²) in [5, 5.41) is 12.1. The van der Waals surface area contributed by atoms with Gasteiger partial charge in [-0.1, -0.05) is 6.07 Å². The number of fused-ring (bicyclic) bond motifs is 1. The maximum Gasteiger partial charge on any atom is 0.303 e. The minimum Gasteiger partial charge on any atom is -0.497 e. The first-order valence-corrected chi connectivity index (χ1v) is 9.48. The maximum atomic E-state index is 14.1. The molecule has 2 amide bonds. The number of amides is 2. The number of carboxylic acids is 1. The van der Waals surface area contributed by atoms with Crippen molar-refractivity contribution in [3.8, 4) is 5.75 Å². The van der Waals surface area contributed by atoms with Crippen molar-refractivity contribution in [3.05, 3.63) is 58.9 Å². The number of hydrogen-bond acceptors (Lipinski definition) is 5. The van der Waals surface area contributed by atoms with Gasteiger partial charge in [0, 0.05) is 41.9 Å². The Bertz CT molecular complexity index is 1050. The lowest BCUT2D eigenvalue weighted by Crippen LogP contribution is -2.58. The van der Waals surface area contributed by atoms with E-state index in [0.717, 1.165) is 4.90 Å². The number of methoxy groups -OCH3 is 1. The van der Waals surface area contributed by atoms with E-state index in [4.69, 9.17) is 23.4 Å². The number of nitrogens with zero attached hydrogens (tertiary/aromatic N) is 1. The highest BCUT2D eigenvalue weighted by Gasteiger charge is 2.44. The van der Waals surface area contributed by atoms with Crippen LogP contribution in [0.15, 0.2) is 36.4 Å². The first kappa shape index (κ1) is 22.1. The third-order valence-corrected chi connectivity index (χ3v) is 5.32. The van der Waals surface area contributed by atoms with Crippen molar-refractivity contribution < 1.29 is 28.6 Å². The molecule has 4 N–H and O–H groups in total. The zero-order valence-corrected chi connectivity index (χ0v) is 16.9. The molecule has 0 aromatic heterocycles. The molecule has 31 heavy (non-hydrogen) atoms. The molecule has 0 saturated carbocycles. The lowest BCUT2D eigenvalue weighted by Gasteiger charge is -2.36. The van der Waals surface area contributed by atoms with Crippen LogP contribution in [0.4, 0.5) is 10.1 Å². The molecular weight excluding hydrogens is 404 g/mol. The van der Waals surface area contributed by atoms with Crippen LogP contribution in [0.25, 0.3) is 0 Å². The van der Waals surface area contributed by atoms with Crippen molar-refractivity contribution in [3.63, 3.8) is 0 Å². The van der Waals surface area contributed by atoms with Crippen LogP contribution in [0.5, 0.6) is 5.75 Å². The average Bonchev–Trinajstić information content (AvgIpc) is 3.09. The highest BCUT2D eigenvalue weighted by Crippen LogP contribution is 2.35. The average molecular weight is 425 g/mol. The maximum absolute atomic E-state index is 14.1. The molecule has 0 fully saturated rings. The highest BCUT2D eigenvalue weighted by atomic mass is 19.1. The first-order valence-electron chi connectivity index (χ1n) is 9.48. The van der Waals surface area contributed by atoms with E-state index in [0.29, 0.717) is 28.1 Å². The number of nitrogens with one attached hydrogen (secondary N) is 1. The molecule has 1 heterocycles. The van der Waals surface area contributed by atoms with Gasteiger partial charge in [-0.15, -0.1) is 0 Å². The first-order chi connectivity index (χ1) is 14.7. The Morgan fingerprint density at radius 2 is 2.10 bits per heavy atom. The van der Waals surface area contributed by atoms with Crippen molar-refractivity contribution in [1.82, 2.24) is 4.90 Å². The fraction of sp³-hybridized carbons (Fsp3) is 0.286. The second kappa shape index (κ2) is 8.67. The molecule has 1 aliphatic rings. The summed E-state index contributed by atoms with van der Waals surface area (Å²) < 4.78 is 19.2. The van der Waals surface area contributed by atoms with Crippen LogP contribution in [-0.2, 0) is 22.7 Å². The van der Waals surface area contributed by atoms with Crippen molar-refractivity contribution in [2.75, 3.05) is 12.4 Å². The van der Waals surface area contributed by atoms with Gasteiger partial charge in [0.25, 0.3) is 5.91 Å². The summed E-state index contributed by atoms with van der Waals surface area (Å²) >= 11 is 0. The predicted octanol–water partition coefficient (Wildman–Crippen LogP) is 1.62. The Hall–Kier alpha value is -3.56. The molecule has 0 bridgehead atoms. The van der Waals surface area contributed by atoms with Gasteiger partial charge in [-0.05, 0) is 36.8 Å². The largest absolute Gasteiger partial charge is 0.497 e. The molecule has 8 nitrogen and oxygen atoms in total. The van der Waals surface area contributed by atoms with E-state index in [1.165, 1.54) is 19.2 Å². The Morgan fingerprint density at radius 3 is 2.74 bits per heavy atom. The van der Waals surface area contributed by atoms with Gasteiger partial charge in [0.2, 0.25) is 5.91 Å². The zero-order chi connectivity index (χ0) is 22.8. The van der Waals surface area contributed by atoms with Gasteiger partial charge in [0.15, 0.2) is 0 Å². The molecule has 2 aromatic carbocycles. The minimum atomic E-state index is -1.95. The normalized spacial score (nSPS) is 14.6. The Labute approximate surface area is 179 Å². The van der Waals surface area contributed by atoms with Crippen molar-refractivity contribution >= 4 is 31.3 Å². The Balaban J connectivity index is 1.86. The van der Waals surface area contributed by atoms with E-state index in [-0.39, 0.29) is 19.5 Å². The molecule has 0 aliphatic carbocycles. The van der Waals surface area contributed by atoms with E-state index < -0.39 is 35.5 Å². The monoisotopic (exact) mass is 425 g/mol. The summed E-state index contributed by atoms with van der Waals surface area (Å²) in [6.45, 7) is 0.0767. The number of nitrogens with two attached hydrogens (primary N) is 1. The smallest absolute Gasteiger partial charge is 0.303 e. The second-order valence-corrected chi connectivity index (χ2v) is 7.22. The number of ether oxygens (including phenoxy) is 1. The van der Waals surface area contributed by atoms with Gasteiger partial charge in [0.05, 0.1) is 12.5 Å². The summed E-state index contributed by atoms with van der Waals surface area (Å²) in [4.78, 5) is 37.0. The summed E-state index contributed by atoms with van der Waals surface area (Å²) in [5.41, 5.74) is 5.26. The lowest BCUT2D eigenvalue weighted by atomic mass is 9.72. The van der Waals surface area contributed by atoms with Gasteiger partial charge < -0.3 is 25.8 Å². The van der Waals surface area contributed by atoms with E-state index in [9.17, 15) is 18.8 Å². The number of aliphatic carboxylic acids is 1. The van der Waals surface area contributed by atoms with Crippen LogP contribution in [0.3, 0.4) is 0 Å². The fourth-order valence-corrected chi connectivity index (χ4v) is 3.51. The molecule has 10 heteroatoms. The molecular formula is C21H21BFN3O5. The van der Waals surface area contributed by atoms with E-state index >= 15 is 0 Å². The number of benzene rings is 2. The quantitative estimate of drug-likeness (QED) is 0.525. The van der Waals surface area contributed by atoms with Crippen LogP contribution >= 0.6 is 0 Å². The minimum absolute atomic E-state index is 0.0447. The molecule has 1 aliphatic heterocycles. The van der Waals surface area contributed by atoms with Gasteiger partial charge in [0.1, 0.15) is 19.4 Å². The molecule has 1 atom stereocenters. The van der Waals surface area contributed by atoms with Crippen LogP contribution in [0, 0.1) is 5.82 Å². The number of primary amides is 1. The van der Waals surface area contributed by atoms with E-state index in [2.05, 4.69) is 5.32 Å². The molecule has 2 aromatic rings. The van der Waals surface area contributed by atoms with Crippen LogP contribution < -0.4 is 15.8 Å². The fourth-order valence-electron chi connectivity index (χ4n) is 3.51. The molecule has 2 radical (unpaired) electrons. The van der Waals surface area contributed by atoms with Crippen molar-refractivity contribution in [2.45, 2.75) is 31.4 Å². The Morgan fingerprint density at radius 1 is 1.35 bits per heavy atom. The number of anilines is 1. The SMILES string of the molecule is [B]C(CCC(=O)O)(C(N)=O)N1Cc2c(NCc3cc(OC)ccc3F)cccc2C1=O. The van der Waals surface area contributed by atoms with Gasteiger partial charge in [-0.2, -0.15) is 0 Å². The van der Waals surface area contributed by atoms with Crippen molar-refractivity contribution in [1.29, 1.82) is 0 Å². The van der Waals surface area contributed by atoms with Gasteiger partial charge in [-0.25, -0.2) is 4.39 Å².